The first kappa shape index (κ1) is 10.2. The van der Waals surface area contributed by atoms with Gasteiger partial charge in [0.15, 0.2) is 0 Å². The van der Waals surface area contributed by atoms with Crippen molar-refractivity contribution < 1.29 is 14.3 Å². The maximum atomic E-state index is 12.0. The molecule has 0 unspecified atom stereocenters. The highest BCUT2D eigenvalue weighted by Gasteiger charge is 2.23. The van der Waals surface area contributed by atoms with Gasteiger partial charge in [-0.3, -0.25) is 4.79 Å². The van der Waals surface area contributed by atoms with Crippen molar-refractivity contribution in [1.29, 1.82) is 0 Å². The van der Waals surface area contributed by atoms with E-state index in [1.54, 1.807) is 17.9 Å². The molecule has 0 radical (unpaired) electrons. The summed E-state index contributed by atoms with van der Waals surface area (Å²) in [4.78, 5) is 13.7. The Morgan fingerprint density at radius 3 is 2.73 bits per heavy atom. The van der Waals surface area contributed by atoms with Gasteiger partial charge in [0.25, 0.3) is 5.91 Å². The van der Waals surface area contributed by atoms with Gasteiger partial charge in [-0.2, -0.15) is 0 Å². The van der Waals surface area contributed by atoms with Crippen molar-refractivity contribution in [2.75, 3.05) is 13.1 Å². The number of likely N-dealkylation sites (tertiary alicyclic amines) is 1. The van der Waals surface area contributed by atoms with Crippen LogP contribution < -0.4 is 0 Å². The average molecular weight is 209 g/mol. The average Bonchev–Trinajstić information content (AvgIpc) is 2.65. The number of rotatable bonds is 1. The lowest BCUT2D eigenvalue weighted by Crippen LogP contribution is -2.40. The summed E-state index contributed by atoms with van der Waals surface area (Å²) in [5.41, 5.74) is 0.631. The summed E-state index contributed by atoms with van der Waals surface area (Å²) < 4.78 is 5.10. The molecule has 4 heteroatoms. The number of hydrogen-bond donors (Lipinski definition) is 1. The zero-order valence-electron chi connectivity index (χ0n) is 8.77. The zero-order chi connectivity index (χ0) is 10.8. The number of piperidine rings is 1. The third kappa shape index (κ3) is 2.04. The van der Waals surface area contributed by atoms with Crippen molar-refractivity contribution in [2.45, 2.75) is 25.9 Å². The maximum Gasteiger partial charge on any atom is 0.257 e. The first-order chi connectivity index (χ1) is 7.18. The second kappa shape index (κ2) is 4.06. The summed E-state index contributed by atoms with van der Waals surface area (Å²) in [5.74, 6) is 0.666. The van der Waals surface area contributed by atoms with Gasteiger partial charge in [-0.05, 0) is 25.8 Å². The van der Waals surface area contributed by atoms with E-state index in [1.165, 1.54) is 6.26 Å². The van der Waals surface area contributed by atoms with Crippen LogP contribution in [-0.2, 0) is 0 Å². The standard InChI is InChI=1S/C11H15NO3/c1-8-10(4-7-15-8)11(14)12-5-2-9(13)3-6-12/h4,7,9,13H,2-3,5-6H2,1H3. The second-order valence-electron chi connectivity index (χ2n) is 3.91. The summed E-state index contributed by atoms with van der Waals surface area (Å²) in [5, 5.41) is 9.34. The molecule has 0 aromatic carbocycles. The van der Waals surface area contributed by atoms with Crippen molar-refractivity contribution in [1.82, 2.24) is 4.90 Å². The molecule has 0 saturated carbocycles. The number of amides is 1. The van der Waals surface area contributed by atoms with Crippen LogP contribution in [-0.4, -0.2) is 35.1 Å². The summed E-state index contributed by atoms with van der Waals surface area (Å²) in [6.07, 6.45) is 2.62. The van der Waals surface area contributed by atoms with Crippen molar-refractivity contribution in [2.24, 2.45) is 0 Å². The largest absolute Gasteiger partial charge is 0.469 e. The number of carbonyl (C=O) groups is 1. The molecule has 0 aliphatic carbocycles. The predicted molar refractivity (Wildman–Crippen MR) is 54.6 cm³/mol. The van der Waals surface area contributed by atoms with Gasteiger partial charge >= 0.3 is 0 Å². The van der Waals surface area contributed by atoms with E-state index in [2.05, 4.69) is 0 Å². The highest BCUT2D eigenvalue weighted by atomic mass is 16.3. The number of aryl methyl sites for hydroxylation is 1. The molecule has 2 heterocycles. The smallest absolute Gasteiger partial charge is 0.257 e. The van der Waals surface area contributed by atoms with Crippen LogP contribution in [0.2, 0.25) is 0 Å². The van der Waals surface area contributed by atoms with Gasteiger partial charge in [-0.1, -0.05) is 0 Å². The van der Waals surface area contributed by atoms with Crippen LogP contribution in [0, 0.1) is 6.92 Å². The molecule has 2 rings (SSSR count). The van der Waals surface area contributed by atoms with Crippen molar-refractivity contribution in [3.05, 3.63) is 23.7 Å². The van der Waals surface area contributed by atoms with Crippen LogP contribution in [0.1, 0.15) is 29.0 Å². The monoisotopic (exact) mass is 209 g/mol. The molecule has 1 amide bonds. The summed E-state index contributed by atoms with van der Waals surface area (Å²) in [7, 11) is 0. The molecule has 1 aliphatic rings. The van der Waals surface area contributed by atoms with Crippen LogP contribution in [0.25, 0.3) is 0 Å². The predicted octanol–water partition coefficient (Wildman–Crippen LogP) is 1.18. The number of nitrogens with zero attached hydrogens (tertiary/aromatic N) is 1. The maximum absolute atomic E-state index is 12.0. The van der Waals surface area contributed by atoms with Gasteiger partial charge in [-0.25, -0.2) is 0 Å². The fourth-order valence-corrected chi connectivity index (χ4v) is 1.85. The summed E-state index contributed by atoms with van der Waals surface area (Å²) in [6, 6.07) is 1.70. The van der Waals surface area contributed by atoms with E-state index in [9.17, 15) is 9.90 Å². The van der Waals surface area contributed by atoms with Crippen LogP contribution >= 0.6 is 0 Å². The van der Waals surface area contributed by atoms with Crippen LogP contribution in [0.4, 0.5) is 0 Å². The van der Waals surface area contributed by atoms with Gasteiger partial charge < -0.3 is 14.4 Å². The van der Waals surface area contributed by atoms with Crippen molar-refractivity contribution in [3.8, 4) is 0 Å². The van der Waals surface area contributed by atoms with Crippen LogP contribution in [0.15, 0.2) is 16.7 Å². The van der Waals surface area contributed by atoms with Gasteiger partial charge in [-0.15, -0.1) is 0 Å². The van der Waals surface area contributed by atoms with Gasteiger partial charge in [0.05, 0.1) is 17.9 Å². The van der Waals surface area contributed by atoms with Gasteiger partial charge in [0.1, 0.15) is 5.76 Å². The molecule has 0 atom stereocenters. The Labute approximate surface area is 88.5 Å². The molecule has 1 aromatic rings. The highest BCUT2D eigenvalue weighted by Crippen LogP contribution is 2.16. The van der Waals surface area contributed by atoms with E-state index < -0.39 is 0 Å². The molecule has 1 aromatic heterocycles. The fraction of sp³-hybridized carbons (Fsp3) is 0.545. The SMILES string of the molecule is Cc1occc1C(=O)N1CCC(O)CC1. The normalized spacial score (nSPS) is 18.1. The number of carbonyl (C=O) groups excluding carboxylic acids is 1. The third-order valence-corrected chi connectivity index (χ3v) is 2.84. The van der Waals surface area contributed by atoms with E-state index in [1.807, 2.05) is 0 Å². The molecule has 0 bridgehead atoms. The minimum Gasteiger partial charge on any atom is -0.469 e. The Bertz CT molecular complexity index is 350. The number of aliphatic hydroxyl groups is 1. The highest BCUT2D eigenvalue weighted by molar-refractivity contribution is 5.95. The topological polar surface area (TPSA) is 53.7 Å². The lowest BCUT2D eigenvalue weighted by Gasteiger charge is -2.29. The molecular weight excluding hydrogens is 194 g/mol. The minimum absolute atomic E-state index is 0.00755. The molecule has 1 saturated heterocycles. The molecule has 15 heavy (non-hydrogen) atoms. The molecule has 1 N–H and O–H groups in total. The van der Waals surface area contributed by atoms with E-state index >= 15 is 0 Å². The summed E-state index contributed by atoms with van der Waals surface area (Å²) >= 11 is 0. The zero-order valence-corrected chi connectivity index (χ0v) is 8.77. The lowest BCUT2D eigenvalue weighted by atomic mass is 10.1. The number of aliphatic hydroxyl groups excluding tert-OH is 1. The van der Waals surface area contributed by atoms with E-state index in [0.29, 0.717) is 37.3 Å². The molecule has 1 fully saturated rings. The van der Waals surface area contributed by atoms with Gasteiger partial charge in [0.2, 0.25) is 0 Å². The Kier molecular flexibility index (Phi) is 2.77. The molecular formula is C11H15NO3. The van der Waals surface area contributed by atoms with E-state index in [-0.39, 0.29) is 12.0 Å². The molecule has 4 nitrogen and oxygen atoms in total. The Balaban J connectivity index is 2.06. The molecule has 0 spiro atoms. The van der Waals surface area contributed by atoms with Gasteiger partial charge in [0, 0.05) is 13.1 Å². The Hall–Kier alpha value is -1.29. The summed E-state index contributed by atoms with van der Waals surface area (Å²) in [6.45, 7) is 3.04. The third-order valence-electron chi connectivity index (χ3n) is 2.84. The van der Waals surface area contributed by atoms with Crippen molar-refractivity contribution in [3.63, 3.8) is 0 Å². The Morgan fingerprint density at radius 2 is 2.20 bits per heavy atom. The minimum atomic E-state index is -0.250. The quantitative estimate of drug-likeness (QED) is 0.755. The number of hydrogen-bond acceptors (Lipinski definition) is 3. The molecule has 82 valence electrons. The fourth-order valence-electron chi connectivity index (χ4n) is 1.85. The number of furan rings is 1. The second-order valence-corrected chi connectivity index (χ2v) is 3.91. The Morgan fingerprint density at radius 1 is 1.53 bits per heavy atom. The van der Waals surface area contributed by atoms with Crippen LogP contribution in [0.5, 0.6) is 0 Å². The lowest BCUT2D eigenvalue weighted by molar-refractivity contribution is 0.0545. The van der Waals surface area contributed by atoms with Crippen LogP contribution in [0.3, 0.4) is 0 Å². The van der Waals surface area contributed by atoms with E-state index in [0.717, 1.165) is 0 Å². The molecule has 1 aliphatic heterocycles. The van der Waals surface area contributed by atoms with E-state index in [4.69, 9.17) is 4.42 Å². The first-order valence-corrected chi connectivity index (χ1v) is 5.20. The first-order valence-electron chi connectivity index (χ1n) is 5.20. The van der Waals surface area contributed by atoms with Crippen molar-refractivity contribution >= 4 is 5.91 Å².